The van der Waals surface area contributed by atoms with Crippen LogP contribution < -0.4 is 14.4 Å². The number of rotatable bonds is 12. The van der Waals surface area contributed by atoms with E-state index in [2.05, 4.69) is 5.32 Å². The molecule has 0 spiro atoms. The number of hydrogen-bond acceptors (Lipinski definition) is 5. The van der Waals surface area contributed by atoms with E-state index in [1.54, 1.807) is 36.4 Å². The minimum atomic E-state index is -4.18. The molecule has 2 amide bonds. The summed E-state index contributed by atoms with van der Waals surface area (Å²) in [5, 5.41) is 2.99. The van der Waals surface area contributed by atoms with Gasteiger partial charge in [0.1, 0.15) is 24.1 Å². The zero-order valence-corrected chi connectivity index (χ0v) is 27.3. The number of benzene rings is 4. The third-order valence-corrected chi connectivity index (χ3v) is 8.86. The first-order chi connectivity index (χ1) is 21.4. The molecule has 0 aliphatic carbocycles. The molecule has 4 aromatic rings. The Morgan fingerprint density at radius 1 is 0.800 bits per heavy atom. The average Bonchev–Trinajstić information content (AvgIpc) is 3.00. The summed E-state index contributed by atoms with van der Waals surface area (Å²) < 4.78 is 35.3. The molecule has 1 N–H and O–H groups in total. The standard InChI is InChI=1S/C36H41N3O5S/c1-6-33(35(41)37-36(3,4)5)38(25-28-13-9-7-10-14-28)34(40)26-39(45(42,43)32-23-17-27(2)18-24-32)29-19-21-31(22-20-29)44-30-15-11-8-12-16-30/h7-24,33H,6,25-26H2,1-5H3,(H,37,41). The van der Waals surface area contributed by atoms with E-state index in [-0.39, 0.29) is 23.0 Å². The second kappa shape index (κ2) is 14.4. The molecule has 1 unspecified atom stereocenters. The Bertz CT molecular complexity index is 1670. The number of anilines is 1. The van der Waals surface area contributed by atoms with Crippen molar-refractivity contribution < 1.29 is 22.7 Å². The summed E-state index contributed by atoms with van der Waals surface area (Å²) in [5.74, 6) is 0.347. The molecular formula is C36H41N3O5S. The quantitative estimate of drug-likeness (QED) is 0.189. The number of carbonyl (C=O) groups excluding carboxylic acids is 2. The van der Waals surface area contributed by atoms with Gasteiger partial charge in [-0.05, 0) is 88.2 Å². The van der Waals surface area contributed by atoms with Crippen LogP contribution >= 0.6 is 0 Å². The molecule has 0 radical (unpaired) electrons. The second-order valence-electron chi connectivity index (χ2n) is 11.9. The molecule has 236 valence electrons. The zero-order valence-electron chi connectivity index (χ0n) is 26.4. The molecule has 45 heavy (non-hydrogen) atoms. The molecule has 0 aliphatic rings. The Kier molecular flexibility index (Phi) is 10.7. The van der Waals surface area contributed by atoms with E-state index >= 15 is 0 Å². The number of ether oxygens (including phenoxy) is 1. The highest BCUT2D eigenvalue weighted by molar-refractivity contribution is 7.92. The maximum absolute atomic E-state index is 14.3. The number of hydrogen-bond donors (Lipinski definition) is 1. The number of carbonyl (C=O) groups is 2. The van der Waals surface area contributed by atoms with Gasteiger partial charge in [0.05, 0.1) is 10.6 Å². The van der Waals surface area contributed by atoms with Gasteiger partial charge in [0, 0.05) is 12.1 Å². The topological polar surface area (TPSA) is 96.0 Å². The minimum absolute atomic E-state index is 0.0534. The Labute approximate surface area is 266 Å². The van der Waals surface area contributed by atoms with Crippen molar-refractivity contribution in [2.75, 3.05) is 10.8 Å². The lowest BCUT2D eigenvalue weighted by Gasteiger charge is -2.34. The molecule has 8 nitrogen and oxygen atoms in total. The number of nitrogens with one attached hydrogen (secondary N) is 1. The summed E-state index contributed by atoms with van der Waals surface area (Å²) >= 11 is 0. The lowest BCUT2D eigenvalue weighted by atomic mass is 10.1. The van der Waals surface area contributed by atoms with Gasteiger partial charge in [-0.3, -0.25) is 13.9 Å². The van der Waals surface area contributed by atoms with Gasteiger partial charge in [-0.25, -0.2) is 8.42 Å². The summed E-state index contributed by atoms with van der Waals surface area (Å²) in [7, 11) is -4.18. The summed E-state index contributed by atoms with van der Waals surface area (Å²) in [6.07, 6.45) is 0.344. The van der Waals surface area contributed by atoms with Crippen molar-refractivity contribution in [3.63, 3.8) is 0 Å². The van der Waals surface area contributed by atoms with Gasteiger partial charge >= 0.3 is 0 Å². The van der Waals surface area contributed by atoms with Crippen LogP contribution in [0.2, 0.25) is 0 Å². The van der Waals surface area contributed by atoms with E-state index in [1.807, 2.05) is 95.3 Å². The van der Waals surface area contributed by atoms with Crippen molar-refractivity contribution >= 4 is 27.5 Å². The van der Waals surface area contributed by atoms with E-state index in [4.69, 9.17) is 4.74 Å². The van der Waals surface area contributed by atoms with Gasteiger partial charge < -0.3 is 15.0 Å². The van der Waals surface area contributed by atoms with E-state index in [0.29, 0.717) is 17.9 Å². The van der Waals surface area contributed by atoms with E-state index in [1.165, 1.54) is 17.0 Å². The van der Waals surface area contributed by atoms with Gasteiger partial charge in [-0.15, -0.1) is 0 Å². The SMILES string of the molecule is CCC(C(=O)NC(C)(C)C)N(Cc1ccccc1)C(=O)CN(c1ccc(Oc2ccccc2)cc1)S(=O)(=O)c1ccc(C)cc1. The van der Waals surface area contributed by atoms with Crippen molar-refractivity contribution in [2.24, 2.45) is 0 Å². The van der Waals surface area contributed by atoms with Gasteiger partial charge in [0.25, 0.3) is 10.0 Å². The number of nitrogens with zero attached hydrogens (tertiary/aromatic N) is 2. The normalized spacial score (nSPS) is 12.2. The van der Waals surface area contributed by atoms with E-state index in [9.17, 15) is 18.0 Å². The van der Waals surface area contributed by atoms with Crippen LogP contribution in [0.1, 0.15) is 45.2 Å². The van der Waals surface area contributed by atoms with Crippen molar-refractivity contribution in [1.82, 2.24) is 10.2 Å². The van der Waals surface area contributed by atoms with Gasteiger partial charge in [0.2, 0.25) is 11.8 Å². The molecule has 4 aromatic carbocycles. The van der Waals surface area contributed by atoms with E-state index in [0.717, 1.165) is 15.4 Å². The van der Waals surface area contributed by atoms with Crippen LogP contribution in [0.5, 0.6) is 11.5 Å². The monoisotopic (exact) mass is 627 g/mol. The van der Waals surface area contributed by atoms with Crippen LogP contribution in [0.3, 0.4) is 0 Å². The number of aryl methyl sites for hydroxylation is 1. The van der Waals surface area contributed by atoms with Crippen LogP contribution in [-0.2, 0) is 26.2 Å². The molecule has 1 atom stereocenters. The Morgan fingerprint density at radius 2 is 1.36 bits per heavy atom. The van der Waals surface area contributed by atoms with Crippen molar-refractivity contribution in [3.05, 3.63) is 120 Å². The number of amides is 2. The van der Waals surface area contributed by atoms with Crippen LogP contribution in [0.4, 0.5) is 5.69 Å². The largest absolute Gasteiger partial charge is 0.457 e. The Hall–Kier alpha value is -4.63. The number of sulfonamides is 1. The van der Waals surface area contributed by atoms with Crippen LogP contribution in [0.15, 0.2) is 114 Å². The first-order valence-corrected chi connectivity index (χ1v) is 16.4. The highest BCUT2D eigenvalue weighted by Crippen LogP contribution is 2.29. The fourth-order valence-corrected chi connectivity index (χ4v) is 6.24. The summed E-state index contributed by atoms with van der Waals surface area (Å²) in [5.41, 5.74) is 1.50. The lowest BCUT2D eigenvalue weighted by molar-refractivity contribution is -0.141. The molecule has 0 saturated carbocycles. The smallest absolute Gasteiger partial charge is 0.264 e. The minimum Gasteiger partial charge on any atom is -0.457 e. The molecule has 0 aromatic heterocycles. The molecule has 0 fully saturated rings. The average molecular weight is 628 g/mol. The summed E-state index contributed by atoms with van der Waals surface area (Å²) in [6.45, 7) is 8.97. The first-order valence-electron chi connectivity index (χ1n) is 14.9. The highest BCUT2D eigenvalue weighted by Gasteiger charge is 2.34. The van der Waals surface area contributed by atoms with E-state index < -0.39 is 34.1 Å². The Morgan fingerprint density at radius 3 is 1.91 bits per heavy atom. The fraction of sp³-hybridized carbons (Fsp3) is 0.278. The van der Waals surface area contributed by atoms with Crippen molar-refractivity contribution in [2.45, 2.75) is 64.1 Å². The molecule has 0 bridgehead atoms. The van der Waals surface area contributed by atoms with Gasteiger partial charge in [-0.1, -0.05) is 73.2 Å². The maximum Gasteiger partial charge on any atom is 0.264 e. The predicted octanol–water partition coefficient (Wildman–Crippen LogP) is 6.70. The predicted molar refractivity (Wildman–Crippen MR) is 178 cm³/mol. The third-order valence-electron chi connectivity index (χ3n) is 7.07. The van der Waals surface area contributed by atoms with Crippen molar-refractivity contribution in [3.8, 4) is 11.5 Å². The maximum atomic E-state index is 14.3. The van der Waals surface area contributed by atoms with Gasteiger partial charge in [-0.2, -0.15) is 0 Å². The number of para-hydroxylation sites is 1. The van der Waals surface area contributed by atoms with Crippen LogP contribution in [-0.4, -0.2) is 43.3 Å². The summed E-state index contributed by atoms with van der Waals surface area (Å²) in [6, 6.07) is 30.8. The van der Waals surface area contributed by atoms with Crippen LogP contribution in [0.25, 0.3) is 0 Å². The first kappa shape index (κ1) is 33.3. The molecule has 0 saturated heterocycles. The zero-order chi connectivity index (χ0) is 32.6. The molecule has 0 heterocycles. The third kappa shape index (κ3) is 8.95. The molecule has 9 heteroatoms. The van der Waals surface area contributed by atoms with Crippen LogP contribution in [0, 0.1) is 6.92 Å². The highest BCUT2D eigenvalue weighted by atomic mass is 32.2. The fourth-order valence-electron chi connectivity index (χ4n) is 4.82. The molecule has 4 rings (SSSR count). The van der Waals surface area contributed by atoms with Crippen molar-refractivity contribution in [1.29, 1.82) is 0 Å². The Balaban J connectivity index is 1.72. The summed E-state index contributed by atoms with van der Waals surface area (Å²) in [4.78, 5) is 29.3. The van der Waals surface area contributed by atoms with Gasteiger partial charge in [0.15, 0.2) is 0 Å². The lowest BCUT2D eigenvalue weighted by Crippen LogP contribution is -2.55. The second-order valence-corrected chi connectivity index (χ2v) is 13.8. The molecular weight excluding hydrogens is 586 g/mol. The molecule has 0 aliphatic heterocycles.